The van der Waals surface area contributed by atoms with Crippen molar-refractivity contribution in [1.82, 2.24) is 26.0 Å². The number of urea groups is 2. The van der Waals surface area contributed by atoms with E-state index in [9.17, 15) is 24.0 Å². The van der Waals surface area contributed by atoms with Crippen LogP contribution in [0.25, 0.3) is 0 Å². The topological polar surface area (TPSA) is 128 Å². The Morgan fingerprint density at radius 2 is 1.73 bits per heavy atom. The van der Waals surface area contributed by atoms with Crippen molar-refractivity contribution in [2.24, 2.45) is 5.92 Å². The first kappa shape index (κ1) is 19.9. The standard InChI is InChI=1S/C20H23N5O5/c1-3-20(13-7-5-4-6-8-13)16(28)25(18(30)22-20)23-14(26)11-24-15(27)19(2,12-9-10-12)21-17(24)29/h4-8,12H,3,9-11H2,1-2H3,(H,21,29)(H,22,30)(H,23,26)/t19-,20+/m0/s1. The molecule has 0 bridgehead atoms. The van der Waals surface area contributed by atoms with Gasteiger partial charge in [-0.1, -0.05) is 37.3 Å². The van der Waals surface area contributed by atoms with Crippen LogP contribution in [0.4, 0.5) is 9.59 Å². The Kier molecular flexibility index (Phi) is 4.52. The molecule has 1 aromatic carbocycles. The minimum Gasteiger partial charge on any atom is -0.323 e. The molecular formula is C20H23N5O5. The van der Waals surface area contributed by atoms with Gasteiger partial charge < -0.3 is 10.6 Å². The fourth-order valence-electron chi connectivity index (χ4n) is 4.14. The maximum absolute atomic E-state index is 13.0. The number of carbonyl (C=O) groups excluding carboxylic acids is 5. The van der Waals surface area contributed by atoms with Crippen molar-refractivity contribution in [3.63, 3.8) is 0 Å². The molecule has 0 aromatic heterocycles. The molecule has 3 N–H and O–H groups in total. The summed E-state index contributed by atoms with van der Waals surface area (Å²) in [5.41, 5.74) is 0.525. The van der Waals surface area contributed by atoms with E-state index in [1.807, 2.05) is 0 Å². The number of hydrogen-bond acceptors (Lipinski definition) is 5. The lowest BCUT2D eigenvalue weighted by atomic mass is 9.87. The highest BCUT2D eigenvalue weighted by atomic mass is 16.2. The highest BCUT2D eigenvalue weighted by molar-refractivity contribution is 6.11. The van der Waals surface area contributed by atoms with Gasteiger partial charge in [0.2, 0.25) is 0 Å². The van der Waals surface area contributed by atoms with Crippen LogP contribution in [0.5, 0.6) is 0 Å². The van der Waals surface area contributed by atoms with Crippen LogP contribution in [0, 0.1) is 5.92 Å². The zero-order valence-corrected chi connectivity index (χ0v) is 16.7. The van der Waals surface area contributed by atoms with Gasteiger partial charge in [-0.05, 0) is 37.7 Å². The van der Waals surface area contributed by atoms with Crippen molar-refractivity contribution in [3.05, 3.63) is 35.9 Å². The van der Waals surface area contributed by atoms with E-state index in [0.717, 1.165) is 17.7 Å². The van der Waals surface area contributed by atoms with E-state index in [4.69, 9.17) is 0 Å². The van der Waals surface area contributed by atoms with Crippen molar-refractivity contribution in [2.75, 3.05) is 6.54 Å². The molecule has 0 unspecified atom stereocenters. The fourth-order valence-corrected chi connectivity index (χ4v) is 4.14. The highest BCUT2D eigenvalue weighted by Gasteiger charge is 2.57. The molecule has 30 heavy (non-hydrogen) atoms. The Morgan fingerprint density at radius 3 is 2.33 bits per heavy atom. The molecule has 7 amide bonds. The third-order valence-electron chi connectivity index (χ3n) is 6.12. The molecule has 1 saturated carbocycles. The first-order chi connectivity index (χ1) is 14.2. The van der Waals surface area contributed by atoms with Crippen LogP contribution in [-0.2, 0) is 19.9 Å². The quantitative estimate of drug-likeness (QED) is 0.588. The van der Waals surface area contributed by atoms with Gasteiger partial charge in [-0.25, -0.2) is 9.59 Å². The molecule has 3 aliphatic rings. The van der Waals surface area contributed by atoms with Gasteiger partial charge in [0.15, 0.2) is 0 Å². The van der Waals surface area contributed by atoms with E-state index in [-0.39, 0.29) is 12.3 Å². The van der Waals surface area contributed by atoms with Gasteiger partial charge >= 0.3 is 12.1 Å². The maximum Gasteiger partial charge on any atom is 0.344 e. The van der Waals surface area contributed by atoms with E-state index in [1.165, 1.54) is 0 Å². The summed E-state index contributed by atoms with van der Waals surface area (Å²) in [6, 6.07) is 7.30. The first-order valence-corrected chi connectivity index (χ1v) is 9.88. The van der Waals surface area contributed by atoms with Crippen LogP contribution < -0.4 is 16.1 Å². The molecule has 10 heteroatoms. The first-order valence-electron chi connectivity index (χ1n) is 9.88. The van der Waals surface area contributed by atoms with Crippen LogP contribution in [-0.4, -0.2) is 51.8 Å². The van der Waals surface area contributed by atoms with E-state index in [0.29, 0.717) is 10.6 Å². The molecule has 2 saturated heterocycles. The molecule has 10 nitrogen and oxygen atoms in total. The highest BCUT2D eigenvalue weighted by Crippen LogP contribution is 2.42. The molecule has 2 aliphatic heterocycles. The smallest absolute Gasteiger partial charge is 0.323 e. The summed E-state index contributed by atoms with van der Waals surface area (Å²) in [4.78, 5) is 63.7. The summed E-state index contributed by atoms with van der Waals surface area (Å²) in [7, 11) is 0. The molecule has 2 atom stereocenters. The summed E-state index contributed by atoms with van der Waals surface area (Å²) in [5, 5.41) is 5.91. The third kappa shape index (κ3) is 2.90. The number of nitrogens with zero attached hydrogens (tertiary/aromatic N) is 2. The van der Waals surface area contributed by atoms with Gasteiger partial charge in [0.25, 0.3) is 17.7 Å². The van der Waals surface area contributed by atoms with Gasteiger partial charge in [0, 0.05) is 0 Å². The number of hydrazine groups is 1. The molecule has 0 radical (unpaired) electrons. The number of carbonyl (C=O) groups is 5. The lowest BCUT2D eigenvalue weighted by Crippen LogP contribution is -2.52. The van der Waals surface area contributed by atoms with Crippen molar-refractivity contribution in [2.45, 2.75) is 44.2 Å². The number of benzene rings is 1. The predicted molar refractivity (Wildman–Crippen MR) is 103 cm³/mol. The molecule has 1 aliphatic carbocycles. The van der Waals surface area contributed by atoms with Crippen molar-refractivity contribution in [3.8, 4) is 0 Å². The molecule has 158 valence electrons. The average Bonchev–Trinajstić information content (AvgIpc) is 3.53. The number of amides is 7. The van der Waals surface area contributed by atoms with Crippen LogP contribution in [0.1, 0.15) is 38.7 Å². The molecule has 1 aromatic rings. The second-order valence-corrected chi connectivity index (χ2v) is 8.03. The van der Waals surface area contributed by atoms with Crippen LogP contribution in [0.2, 0.25) is 0 Å². The van der Waals surface area contributed by atoms with E-state index >= 15 is 0 Å². The Hall–Kier alpha value is -3.43. The SMILES string of the molecule is CC[C@]1(c2ccccc2)NC(=O)N(NC(=O)CN2C(=O)N[C@@](C)(C3CC3)C2=O)C1=O. The largest absolute Gasteiger partial charge is 0.344 e. The molecule has 2 heterocycles. The summed E-state index contributed by atoms with van der Waals surface area (Å²) in [6.07, 6.45) is 1.95. The van der Waals surface area contributed by atoms with Gasteiger partial charge in [-0.2, -0.15) is 5.01 Å². The predicted octanol–water partition coefficient (Wildman–Crippen LogP) is 0.595. The maximum atomic E-state index is 13.0. The van der Waals surface area contributed by atoms with Gasteiger partial charge in [-0.15, -0.1) is 0 Å². The summed E-state index contributed by atoms with van der Waals surface area (Å²) in [5.74, 6) is -1.87. The minimum absolute atomic E-state index is 0.0593. The second-order valence-electron chi connectivity index (χ2n) is 8.03. The normalized spacial score (nSPS) is 28.6. The van der Waals surface area contributed by atoms with Crippen molar-refractivity contribution in [1.29, 1.82) is 0 Å². The number of imide groups is 2. The van der Waals surface area contributed by atoms with Crippen molar-refractivity contribution < 1.29 is 24.0 Å². The second kappa shape index (κ2) is 6.82. The monoisotopic (exact) mass is 413 g/mol. The molecule has 4 rings (SSSR count). The number of rotatable bonds is 6. The zero-order valence-electron chi connectivity index (χ0n) is 16.7. The number of hydrogen-bond donors (Lipinski definition) is 3. The minimum atomic E-state index is -1.29. The Labute approximate surface area is 172 Å². The summed E-state index contributed by atoms with van der Waals surface area (Å²) in [6.45, 7) is 2.81. The van der Waals surface area contributed by atoms with Crippen LogP contribution >= 0.6 is 0 Å². The van der Waals surface area contributed by atoms with Crippen LogP contribution in [0.3, 0.4) is 0 Å². The fraction of sp³-hybridized carbons (Fsp3) is 0.450. The number of nitrogens with one attached hydrogen (secondary N) is 3. The molecule has 0 spiro atoms. The van der Waals surface area contributed by atoms with E-state index < -0.39 is 47.4 Å². The summed E-state index contributed by atoms with van der Waals surface area (Å²) >= 11 is 0. The molecule has 3 fully saturated rings. The van der Waals surface area contributed by atoms with Gasteiger partial charge in [0.05, 0.1) is 0 Å². The van der Waals surface area contributed by atoms with E-state index in [1.54, 1.807) is 44.2 Å². The lowest BCUT2D eigenvalue weighted by molar-refractivity contribution is -0.141. The summed E-state index contributed by atoms with van der Waals surface area (Å²) < 4.78 is 0. The van der Waals surface area contributed by atoms with Crippen LogP contribution in [0.15, 0.2) is 30.3 Å². The Balaban J connectivity index is 1.47. The molecular weight excluding hydrogens is 390 g/mol. The Morgan fingerprint density at radius 1 is 1.07 bits per heavy atom. The Bertz CT molecular complexity index is 946. The van der Waals surface area contributed by atoms with Gasteiger partial charge in [0.1, 0.15) is 17.6 Å². The van der Waals surface area contributed by atoms with Gasteiger partial charge in [-0.3, -0.25) is 24.7 Å². The van der Waals surface area contributed by atoms with E-state index in [2.05, 4.69) is 16.1 Å². The third-order valence-corrected chi connectivity index (χ3v) is 6.12. The average molecular weight is 413 g/mol. The zero-order chi connectivity index (χ0) is 21.7. The lowest BCUT2D eigenvalue weighted by Gasteiger charge is -2.25. The van der Waals surface area contributed by atoms with Crippen molar-refractivity contribution >= 4 is 29.8 Å².